The molecule has 0 aliphatic carbocycles. The topological polar surface area (TPSA) is 101 Å². The highest BCUT2D eigenvalue weighted by molar-refractivity contribution is 7.92. The number of hydrogen-bond donors (Lipinski definition) is 3. The molecule has 2 rings (SSSR count). The molecule has 0 fully saturated rings. The maximum absolute atomic E-state index is 12.1. The molecule has 1 aromatic carbocycles. The third kappa shape index (κ3) is 2.30. The van der Waals surface area contributed by atoms with Gasteiger partial charge < -0.3 is 5.73 Å². The van der Waals surface area contributed by atoms with Gasteiger partial charge in [-0.2, -0.15) is 5.10 Å². The van der Waals surface area contributed by atoms with Crippen molar-refractivity contribution in [2.75, 3.05) is 10.5 Å². The van der Waals surface area contributed by atoms with Gasteiger partial charge in [0.2, 0.25) is 0 Å². The first-order valence-corrected chi connectivity index (χ1v) is 6.77. The smallest absolute Gasteiger partial charge is 0.267 e. The molecule has 6 nitrogen and oxygen atoms in total. The molecule has 0 atom stereocenters. The van der Waals surface area contributed by atoms with Gasteiger partial charge >= 0.3 is 0 Å². The van der Waals surface area contributed by atoms with Gasteiger partial charge in [0.05, 0.1) is 11.9 Å². The van der Waals surface area contributed by atoms with Crippen LogP contribution in [0.2, 0.25) is 0 Å². The van der Waals surface area contributed by atoms with Crippen molar-refractivity contribution in [1.29, 1.82) is 0 Å². The van der Waals surface area contributed by atoms with Crippen LogP contribution in [0.15, 0.2) is 29.3 Å². The first-order chi connectivity index (χ1) is 8.40. The Hall–Kier alpha value is -2.02. The highest BCUT2D eigenvalue weighted by Crippen LogP contribution is 2.22. The zero-order valence-electron chi connectivity index (χ0n) is 10.1. The zero-order chi connectivity index (χ0) is 13.3. The van der Waals surface area contributed by atoms with E-state index in [1.54, 1.807) is 6.07 Å². The number of hydrogen-bond acceptors (Lipinski definition) is 4. The molecule has 0 aliphatic heterocycles. The molecule has 1 heterocycles. The quantitative estimate of drug-likeness (QED) is 0.781. The van der Waals surface area contributed by atoms with E-state index >= 15 is 0 Å². The summed E-state index contributed by atoms with van der Waals surface area (Å²) in [5.41, 5.74) is 7.95. The molecular weight excluding hydrogens is 252 g/mol. The fourth-order valence-corrected chi connectivity index (χ4v) is 2.78. The van der Waals surface area contributed by atoms with Gasteiger partial charge in [-0.15, -0.1) is 0 Å². The lowest BCUT2D eigenvalue weighted by atomic mass is 10.1. The second-order valence-corrected chi connectivity index (χ2v) is 5.72. The van der Waals surface area contributed by atoms with E-state index in [4.69, 9.17) is 5.73 Å². The van der Waals surface area contributed by atoms with E-state index in [1.807, 2.05) is 26.0 Å². The summed E-state index contributed by atoms with van der Waals surface area (Å²) in [5.74, 6) is 0.0206. The minimum absolute atomic E-state index is 0.0206. The summed E-state index contributed by atoms with van der Waals surface area (Å²) in [6.45, 7) is 3.78. The molecule has 0 aliphatic rings. The van der Waals surface area contributed by atoms with Crippen molar-refractivity contribution in [2.45, 2.75) is 18.7 Å². The van der Waals surface area contributed by atoms with Crippen molar-refractivity contribution in [3.05, 3.63) is 35.5 Å². The van der Waals surface area contributed by atoms with E-state index in [-0.39, 0.29) is 10.7 Å². The minimum Gasteiger partial charge on any atom is -0.383 e. The van der Waals surface area contributed by atoms with Gasteiger partial charge in [-0.25, -0.2) is 8.42 Å². The summed E-state index contributed by atoms with van der Waals surface area (Å²) in [4.78, 5) is -0.0533. The number of nitrogens with zero attached hydrogens (tertiary/aromatic N) is 1. The van der Waals surface area contributed by atoms with Crippen molar-refractivity contribution >= 4 is 21.5 Å². The number of H-pyrrole nitrogens is 1. The number of anilines is 2. The Morgan fingerprint density at radius 2 is 2.06 bits per heavy atom. The summed E-state index contributed by atoms with van der Waals surface area (Å²) in [6.07, 6.45) is 1.18. The van der Waals surface area contributed by atoms with Gasteiger partial charge in [0.25, 0.3) is 10.0 Å². The van der Waals surface area contributed by atoms with Crippen LogP contribution in [0.3, 0.4) is 0 Å². The normalized spacial score (nSPS) is 11.4. The predicted molar refractivity (Wildman–Crippen MR) is 69.7 cm³/mol. The molecule has 96 valence electrons. The number of aromatic nitrogens is 2. The molecule has 0 radical (unpaired) electrons. The first-order valence-electron chi connectivity index (χ1n) is 5.29. The van der Waals surface area contributed by atoms with Crippen molar-refractivity contribution < 1.29 is 8.42 Å². The van der Waals surface area contributed by atoms with Crippen molar-refractivity contribution in [3.8, 4) is 0 Å². The second kappa shape index (κ2) is 4.34. The van der Waals surface area contributed by atoms with Gasteiger partial charge in [0, 0.05) is 0 Å². The maximum Gasteiger partial charge on any atom is 0.267 e. The van der Waals surface area contributed by atoms with Crippen LogP contribution in [-0.4, -0.2) is 18.6 Å². The Morgan fingerprint density at radius 3 is 2.61 bits per heavy atom. The highest BCUT2D eigenvalue weighted by Gasteiger charge is 2.19. The summed E-state index contributed by atoms with van der Waals surface area (Å²) in [6, 6.07) is 5.46. The van der Waals surface area contributed by atoms with Gasteiger partial charge in [0.1, 0.15) is 10.7 Å². The lowest BCUT2D eigenvalue weighted by molar-refractivity contribution is 0.601. The molecule has 0 amide bonds. The molecule has 0 unspecified atom stereocenters. The third-order valence-corrected chi connectivity index (χ3v) is 3.94. The van der Waals surface area contributed by atoms with Crippen molar-refractivity contribution in [3.63, 3.8) is 0 Å². The lowest BCUT2D eigenvalue weighted by Gasteiger charge is -2.10. The van der Waals surface area contributed by atoms with Crippen LogP contribution in [0.25, 0.3) is 0 Å². The highest BCUT2D eigenvalue weighted by atomic mass is 32.2. The average Bonchev–Trinajstić information content (AvgIpc) is 2.69. The molecule has 0 spiro atoms. The van der Waals surface area contributed by atoms with E-state index in [0.717, 1.165) is 11.1 Å². The Balaban J connectivity index is 2.37. The largest absolute Gasteiger partial charge is 0.383 e. The lowest BCUT2D eigenvalue weighted by Crippen LogP contribution is -2.14. The van der Waals surface area contributed by atoms with E-state index in [9.17, 15) is 8.42 Å². The van der Waals surface area contributed by atoms with Crippen LogP contribution in [0, 0.1) is 13.8 Å². The van der Waals surface area contributed by atoms with Crippen molar-refractivity contribution in [1.82, 2.24) is 10.2 Å². The number of sulfonamides is 1. The molecule has 0 saturated heterocycles. The van der Waals surface area contributed by atoms with E-state index in [1.165, 1.54) is 6.20 Å². The Kier molecular flexibility index (Phi) is 3.00. The van der Waals surface area contributed by atoms with Crippen LogP contribution >= 0.6 is 0 Å². The number of nitrogens with two attached hydrogens (primary N) is 1. The van der Waals surface area contributed by atoms with E-state index in [0.29, 0.717) is 5.69 Å². The number of nitrogen functional groups attached to an aromatic ring is 1. The van der Waals surface area contributed by atoms with Gasteiger partial charge in [0.15, 0.2) is 0 Å². The average molecular weight is 266 g/mol. The fourth-order valence-electron chi connectivity index (χ4n) is 1.63. The third-order valence-electron chi connectivity index (χ3n) is 2.55. The molecule has 2 aromatic rings. The Labute approximate surface area is 105 Å². The number of rotatable bonds is 3. The Bertz CT molecular complexity index is 676. The molecule has 1 aromatic heterocycles. The van der Waals surface area contributed by atoms with E-state index in [2.05, 4.69) is 14.9 Å². The van der Waals surface area contributed by atoms with Crippen LogP contribution in [0.5, 0.6) is 0 Å². The molecular formula is C11H14N4O2S. The molecule has 18 heavy (non-hydrogen) atoms. The summed E-state index contributed by atoms with van der Waals surface area (Å²) in [7, 11) is -3.70. The van der Waals surface area contributed by atoms with Crippen LogP contribution in [0.4, 0.5) is 11.5 Å². The summed E-state index contributed by atoms with van der Waals surface area (Å²) >= 11 is 0. The van der Waals surface area contributed by atoms with Crippen molar-refractivity contribution in [2.24, 2.45) is 0 Å². The van der Waals surface area contributed by atoms with Crippen LogP contribution < -0.4 is 10.5 Å². The van der Waals surface area contributed by atoms with Crippen LogP contribution in [-0.2, 0) is 10.0 Å². The standard InChI is InChI=1S/C11H14N4O2S/c1-7-3-4-9(8(2)5-7)15-18(16,17)10-6-13-14-11(10)12/h3-6,15H,1-2H3,(H3,12,13,14). The Morgan fingerprint density at radius 1 is 1.33 bits per heavy atom. The number of aromatic amines is 1. The minimum atomic E-state index is -3.70. The fraction of sp³-hybridized carbons (Fsp3) is 0.182. The molecule has 0 bridgehead atoms. The number of benzene rings is 1. The number of nitrogens with one attached hydrogen (secondary N) is 2. The molecule has 7 heteroatoms. The van der Waals surface area contributed by atoms with Gasteiger partial charge in [-0.3, -0.25) is 9.82 Å². The summed E-state index contributed by atoms with van der Waals surface area (Å²) in [5, 5.41) is 5.99. The van der Waals surface area contributed by atoms with Gasteiger partial charge in [-0.1, -0.05) is 17.7 Å². The van der Waals surface area contributed by atoms with Gasteiger partial charge in [-0.05, 0) is 25.5 Å². The molecule has 4 N–H and O–H groups in total. The van der Waals surface area contributed by atoms with E-state index < -0.39 is 10.0 Å². The zero-order valence-corrected chi connectivity index (χ0v) is 10.9. The van der Waals surface area contributed by atoms with Crippen LogP contribution in [0.1, 0.15) is 11.1 Å². The number of aryl methyl sites for hydroxylation is 2. The first kappa shape index (κ1) is 12.4. The monoisotopic (exact) mass is 266 g/mol. The predicted octanol–water partition coefficient (Wildman–Crippen LogP) is 1.41. The maximum atomic E-state index is 12.1. The summed E-state index contributed by atoms with van der Waals surface area (Å²) < 4.78 is 26.6. The second-order valence-electron chi connectivity index (χ2n) is 4.07. The molecule has 0 saturated carbocycles. The SMILES string of the molecule is Cc1ccc(NS(=O)(=O)c2cn[nH]c2N)c(C)c1.